The zero-order valence-electron chi connectivity index (χ0n) is 16.4. The van der Waals surface area contributed by atoms with Crippen molar-refractivity contribution in [3.8, 4) is 0 Å². The van der Waals surface area contributed by atoms with E-state index < -0.39 is 11.2 Å². The fourth-order valence-electron chi connectivity index (χ4n) is 3.39. The molecular formula is C20H21N5O4. The summed E-state index contributed by atoms with van der Waals surface area (Å²) >= 11 is 0. The van der Waals surface area contributed by atoms with Crippen LogP contribution in [0.4, 0.5) is 0 Å². The summed E-state index contributed by atoms with van der Waals surface area (Å²) in [6.45, 7) is 2.12. The van der Waals surface area contributed by atoms with Crippen LogP contribution in [-0.4, -0.2) is 24.6 Å². The van der Waals surface area contributed by atoms with Crippen molar-refractivity contribution in [2.24, 2.45) is 14.1 Å². The number of aromatic nitrogens is 4. The van der Waals surface area contributed by atoms with Crippen LogP contribution in [0.5, 0.6) is 0 Å². The number of amides is 1. The van der Waals surface area contributed by atoms with Crippen LogP contribution in [0.3, 0.4) is 0 Å². The molecule has 1 unspecified atom stereocenters. The number of fused-ring (bicyclic) bond motifs is 2. The third-order valence-electron chi connectivity index (χ3n) is 5.05. The Bertz CT molecular complexity index is 1310. The zero-order chi connectivity index (χ0) is 20.7. The van der Waals surface area contributed by atoms with Crippen molar-refractivity contribution in [2.75, 3.05) is 0 Å². The second-order valence-corrected chi connectivity index (χ2v) is 7.04. The lowest BCUT2D eigenvalue weighted by Gasteiger charge is -2.12. The lowest BCUT2D eigenvalue weighted by Crippen LogP contribution is -2.37. The molecule has 0 bridgehead atoms. The monoisotopic (exact) mass is 395 g/mol. The summed E-state index contributed by atoms with van der Waals surface area (Å²) < 4.78 is 9.73. The molecule has 1 amide bonds. The fraction of sp³-hybridized carbons (Fsp3) is 0.300. The predicted molar refractivity (Wildman–Crippen MR) is 108 cm³/mol. The van der Waals surface area contributed by atoms with Gasteiger partial charge in [0.2, 0.25) is 5.91 Å². The van der Waals surface area contributed by atoms with Crippen LogP contribution in [-0.2, 0) is 25.4 Å². The van der Waals surface area contributed by atoms with E-state index in [-0.39, 0.29) is 24.9 Å². The summed E-state index contributed by atoms with van der Waals surface area (Å²) in [6.07, 6.45) is 1.63. The Labute approximate surface area is 165 Å². The van der Waals surface area contributed by atoms with E-state index in [4.69, 9.17) is 4.42 Å². The first-order chi connectivity index (χ1) is 13.9. The van der Waals surface area contributed by atoms with Gasteiger partial charge in [-0.15, -0.1) is 0 Å². The Morgan fingerprint density at radius 2 is 1.97 bits per heavy atom. The number of furan rings is 1. The minimum atomic E-state index is -0.440. The highest BCUT2D eigenvalue weighted by atomic mass is 16.3. The first-order valence-electron chi connectivity index (χ1n) is 9.25. The van der Waals surface area contributed by atoms with Gasteiger partial charge in [-0.1, -0.05) is 18.2 Å². The molecule has 29 heavy (non-hydrogen) atoms. The number of hydrogen-bond acceptors (Lipinski definition) is 5. The van der Waals surface area contributed by atoms with Gasteiger partial charge >= 0.3 is 5.69 Å². The van der Waals surface area contributed by atoms with Crippen LogP contribution >= 0.6 is 0 Å². The molecule has 0 aliphatic carbocycles. The van der Waals surface area contributed by atoms with E-state index in [1.165, 1.54) is 17.9 Å². The van der Waals surface area contributed by atoms with Crippen molar-refractivity contribution in [1.82, 2.24) is 24.0 Å². The van der Waals surface area contributed by atoms with Crippen molar-refractivity contribution >= 4 is 28.0 Å². The molecule has 1 aromatic carbocycles. The Morgan fingerprint density at radius 1 is 1.21 bits per heavy atom. The summed E-state index contributed by atoms with van der Waals surface area (Å²) in [7, 11) is 2.98. The molecular weight excluding hydrogens is 374 g/mol. The van der Waals surface area contributed by atoms with Crippen molar-refractivity contribution in [1.29, 1.82) is 0 Å². The van der Waals surface area contributed by atoms with E-state index in [0.717, 1.165) is 15.5 Å². The molecule has 9 heteroatoms. The molecule has 0 aliphatic rings. The molecule has 3 heterocycles. The highest BCUT2D eigenvalue weighted by Crippen LogP contribution is 2.23. The fourth-order valence-corrected chi connectivity index (χ4v) is 3.39. The van der Waals surface area contributed by atoms with Crippen LogP contribution in [0.1, 0.15) is 25.1 Å². The van der Waals surface area contributed by atoms with Crippen LogP contribution in [0.2, 0.25) is 0 Å². The molecule has 0 radical (unpaired) electrons. The van der Waals surface area contributed by atoms with Crippen molar-refractivity contribution in [3.63, 3.8) is 0 Å². The Kier molecular flexibility index (Phi) is 4.57. The van der Waals surface area contributed by atoms with Gasteiger partial charge in [-0.2, -0.15) is 0 Å². The number of hydrogen-bond donors (Lipinski definition) is 1. The topological polar surface area (TPSA) is 104 Å². The number of aryl methyl sites for hydroxylation is 2. The maximum Gasteiger partial charge on any atom is 0.332 e. The van der Waals surface area contributed by atoms with Gasteiger partial charge in [-0.05, 0) is 19.1 Å². The molecule has 0 saturated heterocycles. The third kappa shape index (κ3) is 3.24. The van der Waals surface area contributed by atoms with Gasteiger partial charge < -0.3 is 14.3 Å². The van der Waals surface area contributed by atoms with Gasteiger partial charge in [-0.25, -0.2) is 9.78 Å². The van der Waals surface area contributed by atoms with E-state index >= 15 is 0 Å². The summed E-state index contributed by atoms with van der Waals surface area (Å²) in [5.41, 5.74) is 0.499. The molecule has 1 atom stereocenters. The Hall–Kier alpha value is -3.62. The molecule has 4 rings (SSSR count). The zero-order valence-corrected chi connectivity index (χ0v) is 16.4. The van der Waals surface area contributed by atoms with Crippen molar-refractivity contribution in [3.05, 3.63) is 63.3 Å². The molecule has 4 aromatic rings. The Morgan fingerprint density at radius 3 is 2.72 bits per heavy atom. The van der Waals surface area contributed by atoms with Gasteiger partial charge in [0.25, 0.3) is 5.56 Å². The van der Waals surface area contributed by atoms with Gasteiger partial charge in [0.05, 0.1) is 12.4 Å². The molecule has 0 saturated carbocycles. The first-order valence-corrected chi connectivity index (χ1v) is 9.25. The highest BCUT2D eigenvalue weighted by Gasteiger charge is 2.17. The molecule has 1 N–H and O–H groups in total. The molecule has 0 aliphatic heterocycles. The van der Waals surface area contributed by atoms with Crippen LogP contribution in [0.15, 0.2) is 50.7 Å². The van der Waals surface area contributed by atoms with E-state index in [9.17, 15) is 14.4 Å². The van der Waals surface area contributed by atoms with Gasteiger partial charge in [0.1, 0.15) is 11.3 Å². The standard InChI is InChI=1S/C20H21N5O4/c1-12(15-10-13-6-4-5-7-14(13)29-15)22-16(26)8-9-25-11-21-18-17(25)19(27)24(3)20(28)23(18)2/h4-7,10-12H,8-9H2,1-3H3,(H,22,26). The third-order valence-corrected chi connectivity index (χ3v) is 5.05. The van der Waals surface area contributed by atoms with Crippen LogP contribution < -0.4 is 16.6 Å². The van der Waals surface area contributed by atoms with Gasteiger partial charge in [0, 0.05) is 32.4 Å². The molecule has 0 fully saturated rings. The van der Waals surface area contributed by atoms with E-state index in [1.54, 1.807) is 11.6 Å². The average molecular weight is 395 g/mol. The van der Waals surface area contributed by atoms with Crippen LogP contribution in [0, 0.1) is 0 Å². The van der Waals surface area contributed by atoms with E-state index in [1.807, 2.05) is 37.3 Å². The number of nitrogens with one attached hydrogen (secondary N) is 1. The minimum Gasteiger partial charge on any atom is -0.459 e. The number of nitrogens with zero attached hydrogens (tertiary/aromatic N) is 4. The summed E-state index contributed by atoms with van der Waals surface area (Å²) in [4.78, 5) is 41.0. The van der Waals surface area contributed by atoms with Crippen LogP contribution in [0.25, 0.3) is 22.1 Å². The number of carbonyl (C=O) groups is 1. The largest absolute Gasteiger partial charge is 0.459 e. The van der Waals surface area contributed by atoms with E-state index in [0.29, 0.717) is 16.9 Å². The second-order valence-electron chi connectivity index (χ2n) is 7.04. The minimum absolute atomic E-state index is 0.155. The summed E-state index contributed by atoms with van der Waals surface area (Å²) in [6, 6.07) is 9.28. The molecule has 9 nitrogen and oxygen atoms in total. The number of para-hydroxylation sites is 1. The quantitative estimate of drug-likeness (QED) is 0.551. The highest BCUT2D eigenvalue weighted by molar-refractivity contribution is 5.79. The molecule has 0 spiro atoms. The first kappa shape index (κ1) is 18.7. The maximum absolute atomic E-state index is 12.5. The van der Waals surface area contributed by atoms with Crippen molar-refractivity contribution in [2.45, 2.75) is 25.9 Å². The van der Waals surface area contributed by atoms with E-state index in [2.05, 4.69) is 10.3 Å². The summed E-state index contributed by atoms with van der Waals surface area (Å²) in [5, 5.41) is 3.89. The molecule has 150 valence electrons. The maximum atomic E-state index is 12.5. The van der Waals surface area contributed by atoms with Crippen molar-refractivity contribution < 1.29 is 9.21 Å². The average Bonchev–Trinajstić information content (AvgIpc) is 3.33. The number of imidazole rings is 1. The van der Waals surface area contributed by atoms with Gasteiger partial charge in [-0.3, -0.25) is 18.7 Å². The number of carbonyl (C=O) groups excluding carboxylic acids is 1. The SMILES string of the molecule is CC(NC(=O)CCn1cnc2c1c(=O)n(C)c(=O)n2C)c1cc2ccccc2o1. The molecule has 3 aromatic heterocycles. The number of rotatable bonds is 5. The lowest BCUT2D eigenvalue weighted by molar-refractivity contribution is -0.122. The lowest BCUT2D eigenvalue weighted by atomic mass is 10.2. The summed E-state index contributed by atoms with van der Waals surface area (Å²) in [5.74, 6) is 0.498. The Balaban J connectivity index is 1.48. The number of benzene rings is 1. The predicted octanol–water partition coefficient (Wildman–Crippen LogP) is 1.45. The van der Waals surface area contributed by atoms with Gasteiger partial charge in [0.15, 0.2) is 11.2 Å². The smallest absolute Gasteiger partial charge is 0.332 e. The second kappa shape index (κ2) is 7.08. The normalized spacial score (nSPS) is 12.5.